The highest BCUT2D eigenvalue weighted by Crippen LogP contribution is 2.46. The summed E-state index contributed by atoms with van der Waals surface area (Å²) in [5.41, 5.74) is 5.16. The van der Waals surface area contributed by atoms with E-state index in [0.29, 0.717) is 18.8 Å². The van der Waals surface area contributed by atoms with Crippen LogP contribution in [0.3, 0.4) is 0 Å². The summed E-state index contributed by atoms with van der Waals surface area (Å²) in [6.45, 7) is 7.34. The molecule has 0 radical (unpaired) electrons. The first-order valence-electron chi connectivity index (χ1n) is 10.1. The van der Waals surface area contributed by atoms with Crippen molar-refractivity contribution in [1.82, 2.24) is 4.90 Å². The Morgan fingerprint density at radius 3 is 2.24 bits per heavy atom. The van der Waals surface area contributed by atoms with E-state index in [-0.39, 0.29) is 16.8 Å². The van der Waals surface area contributed by atoms with E-state index in [1.807, 2.05) is 73.0 Å². The van der Waals surface area contributed by atoms with Gasteiger partial charge in [-0.05, 0) is 56.9 Å². The quantitative estimate of drug-likeness (QED) is 0.781. The third-order valence-electron chi connectivity index (χ3n) is 5.96. The van der Waals surface area contributed by atoms with Gasteiger partial charge < -0.3 is 10.2 Å². The summed E-state index contributed by atoms with van der Waals surface area (Å²) in [4.78, 5) is 29.1. The predicted molar refractivity (Wildman–Crippen MR) is 120 cm³/mol. The van der Waals surface area contributed by atoms with Crippen molar-refractivity contribution in [3.05, 3.63) is 59.2 Å². The summed E-state index contributed by atoms with van der Waals surface area (Å²) in [5, 5.41) is 3.08. The van der Waals surface area contributed by atoms with E-state index in [0.717, 1.165) is 35.3 Å². The minimum absolute atomic E-state index is 0.0616. The van der Waals surface area contributed by atoms with E-state index in [1.54, 1.807) is 11.8 Å². The highest BCUT2D eigenvalue weighted by atomic mass is 32.2. The largest absolute Gasteiger partial charge is 0.324 e. The lowest BCUT2D eigenvalue weighted by atomic mass is 10.0. The monoisotopic (exact) mass is 409 g/mol. The zero-order valence-electron chi connectivity index (χ0n) is 17.2. The minimum Gasteiger partial charge on any atom is -0.324 e. The predicted octanol–water partition coefficient (Wildman–Crippen LogP) is 4.72. The standard InChI is InChI=1S/C23H27N3O2S/c1-16-7-9-19(10-8-16)26-20(27)15-29-23(26)11-13-25(14-12-23)22(28)24-21-17(2)5-4-6-18(21)3/h4-10H,11-15H2,1-3H3,(H,24,28). The number of urea groups is 1. The topological polar surface area (TPSA) is 52.7 Å². The third-order valence-corrected chi connectivity index (χ3v) is 7.48. The van der Waals surface area contributed by atoms with Gasteiger partial charge in [0.05, 0.1) is 10.6 Å². The fraction of sp³-hybridized carbons (Fsp3) is 0.391. The number of para-hydroxylation sites is 1. The molecule has 2 heterocycles. The molecule has 2 aromatic rings. The second kappa shape index (κ2) is 7.75. The van der Waals surface area contributed by atoms with Gasteiger partial charge in [-0.25, -0.2) is 4.79 Å². The average Bonchev–Trinajstić information content (AvgIpc) is 3.02. The van der Waals surface area contributed by atoms with E-state index >= 15 is 0 Å². The van der Waals surface area contributed by atoms with Gasteiger partial charge in [0.15, 0.2) is 0 Å². The fourth-order valence-corrected chi connectivity index (χ4v) is 5.58. The molecule has 2 fully saturated rings. The summed E-state index contributed by atoms with van der Waals surface area (Å²) in [7, 11) is 0. The number of hydrogen-bond donors (Lipinski definition) is 1. The number of likely N-dealkylation sites (tertiary alicyclic amines) is 1. The van der Waals surface area contributed by atoms with Crippen molar-refractivity contribution < 1.29 is 9.59 Å². The lowest BCUT2D eigenvalue weighted by molar-refractivity contribution is -0.116. The summed E-state index contributed by atoms with van der Waals surface area (Å²) in [6, 6.07) is 14.1. The van der Waals surface area contributed by atoms with Gasteiger partial charge in [0.25, 0.3) is 0 Å². The number of aryl methyl sites for hydroxylation is 3. The molecule has 0 atom stereocenters. The lowest BCUT2D eigenvalue weighted by Crippen LogP contribution is -2.53. The van der Waals surface area contributed by atoms with Crippen LogP contribution >= 0.6 is 11.8 Å². The Balaban J connectivity index is 1.47. The Morgan fingerprint density at radius 1 is 1.00 bits per heavy atom. The molecule has 5 nitrogen and oxygen atoms in total. The van der Waals surface area contributed by atoms with Crippen LogP contribution in [0.5, 0.6) is 0 Å². The molecule has 2 aromatic carbocycles. The maximum atomic E-state index is 12.9. The number of thioether (sulfide) groups is 1. The van der Waals surface area contributed by atoms with Crippen molar-refractivity contribution in [2.24, 2.45) is 0 Å². The Morgan fingerprint density at radius 2 is 1.62 bits per heavy atom. The molecule has 0 bridgehead atoms. The van der Waals surface area contributed by atoms with Gasteiger partial charge in [-0.2, -0.15) is 0 Å². The number of benzene rings is 2. The van der Waals surface area contributed by atoms with Gasteiger partial charge in [-0.1, -0.05) is 35.9 Å². The van der Waals surface area contributed by atoms with Gasteiger partial charge in [-0.3, -0.25) is 9.69 Å². The molecule has 2 aliphatic rings. The highest BCUT2D eigenvalue weighted by molar-refractivity contribution is 8.02. The number of nitrogens with one attached hydrogen (secondary N) is 1. The van der Waals surface area contributed by atoms with E-state index in [4.69, 9.17) is 0 Å². The molecule has 2 saturated heterocycles. The van der Waals surface area contributed by atoms with Crippen molar-refractivity contribution in [2.45, 2.75) is 38.5 Å². The first-order chi connectivity index (χ1) is 13.9. The number of rotatable bonds is 2. The zero-order valence-corrected chi connectivity index (χ0v) is 18.0. The number of amides is 3. The van der Waals surface area contributed by atoms with Crippen LogP contribution in [0.2, 0.25) is 0 Å². The summed E-state index contributed by atoms with van der Waals surface area (Å²) < 4.78 is 0. The number of anilines is 2. The van der Waals surface area contributed by atoms with Crippen molar-refractivity contribution in [2.75, 3.05) is 29.1 Å². The molecule has 0 aliphatic carbocycles. The second-order valence-corrected chi connectivity index (χ2v) is 9.32. The fourth-order valence-electron chi connectivity index (χ4n) is 4.25. The van der Waals surface area contributed by atoms with Gasteiger partial charge >= 0.3 is 6.03 Å². The molecule has 0 saturated carbocycles. The zero-order chi connectivity index (χ0) is 20.6. The summed E-state index contributed by atoms with van der Waals surface area (Å²) in [6.07, 6.45) is 1.55. The number of carbonyl (C=O) groups is 2. The minimum atomic E-state index is -0.248. The first kappa shape index (κ1) is 19.8. The lowest BCUT2D eigenvalue weighted by Gasteiger charge is -2.44. The molecule has 2 aliphatic heterocycles. The van der Waals surface area contributed by atoms with Crippen molar-refractivity contribution in [1.29, 1.82) is 0 Å². The van der Waals surface area contributed by atoms with E-state index in [2.05, 4.69) is 5.32 Å². The molecule has 1 N–H and O–H groups in total. The Bertz CT molecular complexity index is 913. The van der Waals surface area contributed by atoms with Crippen molar-refractivity contribution in [3.8, 4) is 0 Å². The van der Waals surface area contributed by atoms with Gasteiger partial charge in [0.1, 0.15) is 0 Å². The van der Waals surface area contributed by atoms with Gasteiger partial charge in [0.2, 0.25) is 5.91 Å². The van der Waals surface area contributed by atoms with Gasteiger partial charge in [-0.15, -0.1) is 11.8 Å². The van der Waals surface area contributed by atoms with Crippen LogP contribution < -0.4 is 10.2 Å². The Hall–Kier alpha value is -2.47. The van der Waals surface area contributed by atoms with E-state index in [1.165, 1.54) is 5.56 Å². The van der Waals surface area contributed by atoms with Gasteiger partial charge in [0, 0.05) is 24.5 Å². The molecule has 6 heteroatoms. The molecule has 1 spiro atoms. The Kier molecular flexibility index (Phi) is 5.30. The van der Waals surface area contributed by atoms with E-state index < -0.39 is 0 Å². The summed E-state index contributed by atoms with van der Waals surface area (Å²) >= 11 is 1.72. The van der Waals surface area contributed by atoms with Crippen LogP contribution in [-0.4, -0.2) is 40.6 Å². The van der Waals surface area contributed by atoms with Crippen LogP contribution in [0.4, 0.5) is 16.2 Å². The molecular formula is C23H27N3O2S. The number of hydrogen-bond acceptors (Lipinski definition) is 3. The third kappa shape index (κ3) is 3.73. The summed E-state index contributed by atoms with van der Waals surface area (Å²) in [5.74, 6) is 0.662. The van der Waals surface area contributed by atoms with Crippen molar-refractivity contribution >= 4 is 35.1 Å². The average molecular weight is 410 g/mol. The van der Waals surface area contributed by atoms with Crippen LogP contribution in [0.25, 0.3) is 0 Å². The number of nitrogens with zero attached hydrogens (tertiary/aromatic N) is 2. The first-order valence-corrected chi connectivity index (χ1v) is 11.0. The SMILES string of the molecule is Cc1ccc(N2C(=O)CSC23CCN(C(=O)Nc2c(C)cccc2C)CC3)cc1. The molecule has 29 heavy (non-hydrogen) atoms. The molecule has 3 amide bonds. The van der Waals surface area contributed by atoms with Crippen LogP contribution in [0, 0.1) is 20.8 Å². The second-order valence-electron chi connectivity index (χ2n) is 7.98. The number of piperidine rings is 1. The van der Waals surface area contributed by atoms with Crippen LogP contribution in [-0.2, 0) is 4.79 Å². The van der Waals surface area contributed by atoms with Crippen molar-refractivity contribution in [3.63, 3.8) is 0 Å². The molecular weight excluding hydrogens is 382 g/mol. The van der Waals surface area contributed by atoms with E-state index in [9.17, 15) is 9.59 Å². The van der Waals surface area contributed by atoms with Crippen LogP contribution in [0.15, 0.2) is 42.5 Å². The normalized spacial score (nSPS) is 18.4. The molecule has 4 rings (SSSR count). The number of carbonyl (C=O) groups excluding carboxylic acids is 2. The maximum Gasteiger partial charge on any atom is 0.321 e. The Labute approximate surface area is 176 Å². The van der Waals surface area contributed by atoms with Crippen LogP contribution in [0.1, 0.15) is 29.5 Å². The highest BCUT2D eigenvalue weighted by Gasteiger charge is 2.49. The molecule has 152 valence electrons. The smallest absolute Gasteiger partial charge is 0.321 e. The molecule has 0 aromatic heterocycles. The maximum absolute atomic E-state index is 12.9. The molecule has 0 unspecified atom stereocenters.